The van der Waals surface area contributed by atoms with Crippen molar-refractivity contribution < 1.29 is 24.2 Å². The van der Waals surface area contributed by atoms with Crippen molar-refractivity contribution >= 4 is 35.0 Å². The highest BCUT2D eigenvalue weighted by atomic mass is 32.2. The maximum atomic E-state index is 12.6. The molecule has 0 spiro atoms. The SMILES string of the molecule is Cc1ccc(CN2C(=O)S/C(=C/c3cccc(OCC(=O)O)c3)C2=O)cc1. The number of aliphatic carboxylic acids is 1. The lowest BCUT2D eigenvalue weighted by Gasteiger charge is -2.12. The first-order valence-electron chi connectivity index (χ1n) is 8.18. The molecule has 138 valence electrons. The number of amides is 2. The molecule has 0 radical (unpaired) electrons. The van der Waals surface area contributed by atoms with Crippen LogP contribution in [0.4, 0.5) is 4.79 Å². The molecule has 1 heterocycles. The molecule has 1 saturated heterocycles. The summed E-state index contributed by atoms with van der Waals surface area (Å²) in [5.74, 6) is -1.04. The van der Waals surface area contributed by atoms with Gasteiger partial charge in [-0.3, -0.25) is 14.5 Å². The van der Waals surface area contributed by atoms with Gasteiger partial charge in [0.1, 0.15) is 5.75 Å². The molecule has 3 rings (SSSR count). The number of hydrogen-bond acceptors (Lipinski definition) is 5. The Bertz CT molecular complexity index is 920. The Labute approximate surface area is 160 Å². The zero-order valence-electron chi connectivity index (χ0n) is 14.5. The summed E-state index contributed by atoms with van der Waals surface area (Å²) in [4.78, 5) is 37.0. The summed E-state index contributed by atoms with van der Waals surface area (Å²) >= 11 is 0.887. The summed E-state index contributed by atoms with van der Waals surface area (Å²) in [5.41, 5.74) is 2.64. The Morgan fingerprint density at radius 2 is 1.93 bits per heavy atom. The molecule has 1 aliphatic heterocycles. The van der Waals surface area contributed by atoms with Crippen molar-refractivity contribution in [1.82, 2.24) is 4.90 Å². The van der Waals surface area contributed by atoms with E-state index in [-0.39, 0.29) is 17.7 Å². The van der Waals surface area contributed by atoms with Gasteiger partial charge in [0, 0.05) is 0 Å². The predicted molar refractivity (Wildman–Crippen MR) is 102 cm³/mol. The van der Waals surface area contributed by atoms with Crippen LogP contribution in [0.1, 0.15) is 16.7 Å². The van der Waals surface area contributed by atoms with Crippen molar-refractivity contribution in [2.24, 2.45) is 0 Å². The number of benzene rings is 2. The van der Waals surface area contributed by atoms with Crippen molar-refractivity contribution in [3.63, 3.8) is 0 Å². The number of imide groups is 1. The number of carbonyl (C=O) groups is 3. The van der Waals surface area contributed by atoms with Gasteiger partial charge in [-0.1, -0.05) is 42.0 Å². The Kier molecular flexibility index (Phi) is 5.61. The summed E-state index contributed by atoms with van der Waals surface area (Å²) in [7, 11) is 0. The molecule has 1 N–H and O–H groups in total. The molecule has 0 saturated carbocycles. The maximum Gasteiger partial charge on any atom is 0.341 e. The smallest absolute Gasteiger partial charge is 0.341 e. The number of rotatable bonds is 6. The molecular formula is C20H17NO5S. The van der Waals surface area contributed by atoms with E-state index in [0.717, 1.165) is 22.9 Å². The normalized spacial score (nSPS) is 15.4. The van der Waals surface area contributed by atoms with Crippen molar-refractivity contribution in [3.05, 3.63) is 70.1 Å². The molecule has 2 aromatic carbocycles. The second-order valence-electron chi connectivity index (χ2n) is 6.01. The number of aryl methyl sites for hydroxylation is 1. The van der Waals surface area contributed by atoms with Gasteiger partial charge in [-0.2, -0.15) is 0 Å². The number of carbonyl (C=O) groups excluding carboxylic acids is 2. The standard InChI is InChI=1S/C20H17NO5S/c1-13-5-7-14(8-6-13)11-21-19(24)17(27-20(21)25)10-15-3-2-4-16(9-15)26-12-18(22)23/h2-10H,11-12H2,1H3,(H,22,23)/b17-10+. The minimum absolute atomic E-state index is 0.226. The van der Waals surface area contributed by atoms with Gasteiger partial charge in [0.05, 0.1) is 11.4 Å². The lowest BCUT2D eigenvalue weighted by molar-refractivity contribution is -0.139. The summed E-state index contributed by atoms with van der Waals surface area (Å²) in [6, 6.07) is 14.4. The number of nitrogens with zero attached hydrogens (tertiary/aromatic N) is 1. The van der Waals surface area contributed by atoms with Crippen LogP contribution in [0, 0.1) is 6.92 Å². The fraction of sp³-hybridized carbons (Fsp3) is 0.150. The number of carboxylic acid groups (broad SMARTS) is 1. The van der Waals surface area contributed by atoms with Gasteiger partial charge in [-0.05, 0) is 48.0 Å². The quantitative estimate of drug-likeness (QED) is 0.766. The maximum absolute atomic E-state index is 12.6. The molecule has 0 unspecified atom stereocenters. The molecule has 1 aliphatic rings. The molecule has 6 nitrogen and oxygen atoms in total. The zero-order valence-corrected chi connectivity index (χ0v) is 15.4. The van der Waals surface area contributed by atoms with E-state index in [0.29, 0.717) is 16.2 Å². The summed E-state index contributed by atoms with van der Waals surface area (Å²) in [6.07, 6.45) is 1.60. The van der Waals surface area contributed by atoms with Gasteiger partial charge in [-0.15, -0.1) is 0 Å². The highest BCUT2D eigenvalue weighted by Gasteiger charge is 2.34. The average Bonchev–Trinajstić information content (AvgIpc) is 2.89. The first kappa shape index (κ1) is 18.7. The molecule has 27 heavy (non-hydrogen) atoms. The summed E-state index contributed by atoms with van der Waals surface area (Å²) in [5, 5.41) is 8.36. The van der Waals surface area contributed by atoms with E-state index in [1.165, 1.54) is 4.90 Å². The fourth-order valence-electron chi connectivity index (χ4n) is 2.50. The Morgan fingerprint density at radius 3 is 2.63 bits per heavy atom. The number of hydrogen-bond donors (Lipinski definition) is 1. The van der Waals surface area contributed by atoms with Crippen LogP contribution in [0.15, 0.2) is 53.4 Å². The largest absolute Gasteiger partial charge is 0.482 e. The highest BCUT2D eigenvalue weighted by molar-refractivity contribution is 8.18. The van der Waals surface area contributed by atoms with E-state index in [1.807, 2.05) is 31.2 Å². The van der Waals surface area contributed by atoms with Crippen LogP contribution >= 0.6 is 11.8 Å². The van der Waals surface area contributed by atoms with E-state index in [2.05, 4.69) is 0 Å². The van der Waals surface area contributed by atoms with Gasteiger partial charge in [0.25, 0.3) is 11.1 Å². The van der Waals surface area contributed by atoms with Gasteiger partial charge in [-0.25, -0.2) is 4.79 Å². The second-order valence-corrected chi connectivity index (χ2v) is 7.00. The van der Waals surface area contributed by atoms with Gasteiger partial charge in [0.15, 0.2) is 6.61 Å². The Hall–Kier alpha value is -3.06. The lowest BCUT2D eigenvalue weighted by Crippen LogP contribution is -2.27. The van der Waals surface area contributed by atoms with Crippen molar-refractivity contribution in [2.75, 3.05) is 6.61 Å². The molecule has 0 bridgehead atoms. The third-order valence-corrected chi connectivity index (χ3v) is 4.76. The fourth-order valence-corrected chi connectivity index (χ4v) is 3.34. The van der Waals surface area contributed by atoms with Crippen LogP contribution in [0.25, 0.3) is 6.08 Å². The summed E-state index contributed by atoms with van der Waals surface area (Å²) in [6.45, 7) is 1.75. The van der Waals surface area contributed by atoms with Gasteiger partial charge in [0.2, 0.25) is 0 Å². The van der Waals surface area contributed by atoms with E-state index in [1.54, 1.807) is 30.3 Å². The third-order valence-electron chi connectivity index (χ3n) is 3.85. The predicted octanol–water partition coefficient (Wildman–Crippen LogP) is 3.69. The Morgan fingerprint density at radius 1 is 1.19 bits per heavy atom. The van der Waals surface area contributed by atoms with Crippen molar-refractivity contribution in [1.29, 1.82) is 0 Å². The van der Waals surface area contributed by atoms with E-state index in [4.69, 9.17) is 9.84 Å². The minimum Gasteiger partial charge on any atom is -0.482 e. The number of ether oxygens (including phenoxy) is 1. The van der Waals surface area contributed by atoms with Gasteiger partial charge >= 0.3 is 5.97 Å². The van der Waals surface area contributed by atoms with Crippen LogP contribution < -0.4 is 4.74 Å². The monoisotopic (exact) mass is 383 g/mol. The topological polar surface area (TPSA) is 83.9 Å². The van der Waals surface area contributed by atoms with Crippen LogP contribution in [-0.2, 0) is 16.1 Å². The molecule has 0 aromatic heterocycles. The van der Waals surface area contributed by atoms with E-state index < -0.39 is 12.6 Å². The van der Waals surface area contributed by atoms with E-state index >= 15 is 0 Å². The molecule has 2 amide bonds. The van der Waals surface area contributed by atoms with Crippen LogP contribution in [-0.4, -0.2) is 33.7 Å². The molecule has 1 fully saturated rings. The van der Waals surface area contributed by atoms with Gasteiger partial charge < -0.3 is 9.84 Å². The third kappa shape index (κ3) is 4.77. The lowest BCUT2D eigenvalue weighted by atomic mass is 10.1. The highest BCUT2D eigenvalue weighted by Crippen LogP contribution is 2.33. The zero-order chi connectivity index (χ0) is 19.4. The first-order chi connectivity index (χ1) is 12.9. The molecule has 0 aliphatic carbocycles. The molecule has 0 atom stereocenters. The average molecular weight is 383 g/mol. The minimum atomic E-state index is -1.07. The van der Waals surface area contributed by atoms with Crippen LogP contribution in [0.5, 0.6) is 5.75 Å². The second kappa shape index (κ2) is 8.09. The molecule has 7 heteroatoms. The van der Waals surface area contributed by atoms with Crippen LogP contribution in [0.2, 0.25) is 0 Å². The number of carboxylic acids is 1. The van der Waals surface area contributed by atoms with Crippen molar-refractivity contribution in [3.8, 4) is 5.75 Å². The molecular weight excluding hydrogens is 366 g/mol. The first-order valence-corrected chi connectivity index (χ1v) is 8.99. The Balaban J connectivity index is 1.75. The summed E-state index contributed by atoms with van der Waals surface area (Å²) < 4.78 is 5.13. The van der Waals surface area contributed by atoms with Crippen LogP contribution in [0.3, 0.4) is 0 Å². The van der Waals surface area contributed by atoms with Crippen molar-refractivity contribution in [2.45, 2.75) is 13.5 Å². The molecule has 2 aromatic rings. The number of thioether (sulfide) groups is 1. The van der Waals surface area contributed by atoms with E-state index in [9.17, 15) is 14.4 Å².